The molecule has 1 aliphatic carbocycles. The van der Waals surface area contributed by atoms with Gasteiger partial charge in [0.1, 0.15) is 5.75 Å². The van der Waals surface area contributed by atoms with Crippen LogP contribution in [0.1, 0.15) is 44.9 Å². The van der Waals surface area contributed by atoms with E-state index in [2.05, 4.69) is 0 Å². The van der Waals surface area contributed by atoms with E-state index in [1.54, 1.807) is 18.2 Å². The van der Waals surface area contributed by atoms with Crippen molar-refractivity contribution < 1.29 is 23.4 Å². The minimum atomic E-state index is -2.87. The summed E-state index contributed by atoms with van der Waals surface area (Å²) in [7, 11) is 0. The van der Waals surface area contributed by atoms with Gasteiger partial charge in [-0.15, -0.1) is 0 Å². The number of alkyl halides is 2. The molecule has 1 N–H and O–H groups in total. The van der Waals surface area contributed by atoms with E-state index in [1.165, 1.54) is 0 Å². The van der Waals surface area contributed by atoms with Crippen LogP contribution < -0.4 is 9.64 Å². The molecular weight excluding hydrogens is 366 g/mol. The Hall–Kier alpha value is -1.89. The highest BCUT2D eigenvalue weighted by Crippen LogP contribution is 2.44. The van der Waals surface area contributed by atoms with E-state index in [0.29, 0.717) is 12.2 Å². The van der Waals surface area contributed by atoms with Crippen LogP contribution in [0, 0.1) is 5.41 Å². The number of para-hydroxylation sites is 2. The minimum Gasteiger partial charge on any atom is -0.433 e. The number of carbonyl (C=O) groups is 1. The van der Waals surface area contributed by atoms with Gasteiger partial charge in [-0.05, 0) is 57.1 Å². The zero-order chi connectivity index (χ0) is 19.7. The number of ether oxygens (including phenoxy) is 1. The van der Waals surface area contributed by atoms with E-state index in [-0.39, 0.29) is 23.8 Å². The largest absolute Gasteiger partial charge is 0.433 e. The standard InChI is InChI=1S/C21H28F2N2O3/c22-20(23)28-18-5-2-1-4-17(18)24-12-3-10-21(14-24)11-13-25(19(21)27)15-6-8-16(26)9-7-15/h1-2,4-5,15-16,20,26H,3,6-14H2/t15-,16-,21-/m0/s1. The van der Waals surface area contributed by atoms with Crippen LogP contribution in [0.25, 0.3) is 0 Å². The fourth-order valence-electron chi connectivity index (χ4n) is 5.20. The smallest absolute Gasteiger partial charge is 0.387 e. The average Bonchev–Trinajstić information content (AvgIpc) is 2.98. The van der Waals surface area contributed by atoms with Crippen LogP contribution >= 0.6 is 0 Å². The van der Waals surface area contributed by atoms with Gasteiger partial charge in [0, 0.05) is 25.7 Å². The summed E-state index contributed by atoms with van der Waals surface area (Å²) in [5.41, 5.74) is 0.195. The summed E-state index contributed by atoms with van der Waals surface area (Å²) in [4.78, 5) is 17.4. The molecule has 0 bridgehead atoms. The first-order valence-electron chi connectivity index (χ1n) is 10.3. The van der Waals surface area contributed by atoms with Gasteiger partial charge >= 0.3 is 6.61 Å². The number of anilines is 1. The third-order valence-electron chi connectivity index (χ3n) is 6.65. The summed E-state index contributed by atoms with van der Waals surface area (Å²) in [5.74, 6) is 0.365. The zero-order valence-electron chi connectivity index (χ0n) is 16.0. The second-order valence-electron chi connectivity index (χ2n) is 8.36. The average molecular weight is 394 g/mol. The maximum atomic E-state index is 13.4. The van der Waals surface area contributed by atoms with Crippen molar-refractivity contribution in [3.63, 3.8) is 0 Å². The van der Waals surface area contributed by atoms with Crippen molar-refractivity contribution >= 4 is 11.6 Å². The van der Waals surface area contributed by atoms with Crippen LogP contribution in [0.2, 0.25) is 0 Å². The van der Waals surface area contributed by atoms with Gasteiger partial charge in [0.05, 0.1) is 17.2 Å². The van der Waals surface area contributed by atoms with Gasteiger partial charge in [0.25, 0.3) is 0 Å². The Morgan fingerprint density at radius 3 is 2.61 bits per heavy atom. The number of aliphatic hydroxyl groups excluding tert-OH is 1. The third kappa shape index (κ3) is 3.69. The fourth-order valence-corrected chi connectivity index (χ4v) is 5.20. The van der Waals surface area contributed by atoms with Gasteiger partial charge in [-0.2, -0.15) is 8.78 Å². The Kier molecular flexibility index (Phi) is 5.45. The first-order valence-corrected chi connectivity index (χ1v) is 10.3. The molecule has 2 heterocycles. The third-order valence-corrected chi connectivity index (χ3v) is 6.65. The number of piperidine rings is 1. The van der Waals surface area contributed by atoms with Gasteiger partial charge in [0.15, 0.2) is 0 Å². The molecule has 28 heavy (non-hydrogen) atoms. The van der Waals surface area contributed by atoms with E-state index < -0.39 is 12.0 Å². The first kappa shape index (κ1) is 19.4. The molecule has 1 spiro atoms. The number of hydrogen-bond acceptors (Lipinski definition) is 4. The van der Waals surface area contributed by atoms with Gasteiger partial charge in [-0.1, -0.05) is 12.1 Å². The molecule has 2 saturated heterocycles. The van der Waals surface area contributed by atoms with Crippen LogP contribution in [0.3, 0.4) is 0 Å². The van der Waals surface area contributed by atoms with Crippen molar-refractivity contribution in [3.8, 4) is 5.75 Å². The van der Waals surface area contributed by atoms with Crippen molar-refractivity contribution in [1.82, 2.24) is 4.90 Å². The van der Waals surface area contributed by atoms with Crippen molar-refractivity contribution in [3.05, 3.63) is 24.3 Å². The molecule has 1 atom stereocenters. The predicted molar refractivity (Wildman–Crippen MR) is 102 cm³/mol. The molecule has 154 valence electrons. The van der Waals surface area contributed by atoms with Gasteiger partial charge in [0.2, 0.25) is 5.91 Å². The highest BCUT2D eigenvalue weighted by Gasteiger charge is 2.50. The molecule has 1 aromatic carbocycles. The molecule has 4 rings (SSSR count). The van der Waals surface area contributed by atoms with E-state index >= 15 is 0 Å². The summed E-state index contributed by atoms with van der Waals surface area (Å²) in [6.45, 7) is -0.844. The van der Waals surface area contributed by atoms with E-state index in [0.717, 1.165) is 58.0 Å². The molecule has 7 heteroatoms. The SMILES string of the molecule is O=C1N([C@H]2CC[C@H](O)CC2)CC[C@]12CCCN(c1ccccc1OC(F)F)C2. The molecule has 1 aromatic rings. The highest BCUT2D eigenvalue weighted by atomic mass is 19.3. The molecule has 2 aliphatic heterocycles. The van der Waals surface area contributed by atoms with Crippen molar-refractivity contribution in [2.45, 2.75) is 63.7 Å². The number of nitrogens with zero attached hydrogens (tertiary/aromatic N) is 2. The topological polar surface area (TPSA) is 53.0 Å². The summed E-state index contributed by atoms with van der Waals surface area (Å²) >= 11 is 0. The van der Waals surface area contributed by atoms with Crippen LogP contribution in [-0.2, 0) is 4.79 Å². The van der Waals surface area contributed by atoms with Gasteiger partial charge in [-0.25, -0.2) is 0 Å². The van der Waals surface area contributed by atoms with Gasteiger partial charge < -0.3 is 19.6 Å². The summed E-state index contributed by atoms with van der Waals surface area (Å²) in [6.07, 6.45) is 5.49. The summed E-state index contributed by atoms with van der Waals surface area (Å²) in [6, 6.07) is 7.06. The molecule has 1 saturated carbocycles. The lowest BCUT2D eigenvalue weighted by atomic mass is 9.78. The lowest BCUT2D eigenvalue weighted by Crippen LogP contribution is -2.50. The highest BCUT2D eigenvalue weighted by molar-refractivity contribution is 5.86. The van der Waals surface area contributed by atoms with E-state index in [9.17, 15) is 18.7 Å². The Bertz CT molecular complexity index is 709. The lowest BCUT2D eigenvalue weighted by Gasteiger charge is -2.41. The number of likely N-dealkylation sites (tertiary alicyclic amines) is 1. The summed E-state index contributed by atoms with van der Waals surface area (Å²) in [5, 5.41) is 9.75. The van der Waals surface area contributed by atoms with Crippen LogP contribution in [-0.4, -0.2) is 54.3 Å². The molecule has 0 aromatic heterocycles. The Morgan fingerprint density at radius 2 is 1.86 bits per heavy atom. The molecular formula is C21H28F2N2O3. The Balaban J connectivity index is 1.50. The molecule has 0 unspecified atom stereocenters. The molecule has 1 amide bonds. The number of rotatable bonds is 4. The van der Waals surface area contributed by atoms with Crippen LogP contribution in [0.5, 0.6) is 5.75 Å². The van der Waals surface area contributed by atoms with Gasteiger partial charge in [-0.3, -0.25) is 4.79 Å². The maximum absolute atomic E-state index is 13.4. The number of benzene rings is 1. The second-order valence-corrected chi connectivity index (χ2v) is 8.36. The maximum Gasteiger partial charge on any atom is 0.387 e. The lowest BCUT2D eigenvalue weighted by molar-refractivity contribution is -0.139. The van der Waals surface area contributed by atoms with E-state index in [4.69, 9.17) is 4.74 Å². The van der Waals surface area contributed by atoms with Crippen molar-refractivity contribution in [1.29, 1.82) is 0 Å². The minimum absolute atomic E-state index is 0.165. The Labute approximate surface area is 164 Å². The first-order chi connectivity index (χ1) is 13.5. The number of amides is 1. The van der Waals surface area contributed by atoms with Crippen molar-refractivity contribution in [2.24, 2.45) is 5.41 Å². The van der Waals surface area contributed by atoms with Crippen LogP contribution in [0.15, 0.2) is 24.3 Å². The Morgan fingerprint density at radius 1 is 1.11 bits per heavy atom. The molecule has 0 radical (unpaired) electrons. The second kappa shape index (κ2) is 7.85. The fraction of sp³-hybridized carbons (Fsp3) is 0.667. The number of carbonyl (C=O) groups excluding carboxylic acids is 1. The predicted octanol–water partition coefficient (Wildman–Crippen LogP) is 3.41. The zero-order valence-corrected chi connectivity index (χ0v) is 16.0. The van der Waals surface area contributed by atoms with E-state index in [1.807, 2.05) is 15.9 Å². The monoisotopic (exact) mass is 394 g/mol. The van der Waals surface area contributed by atoms with Crippen molar-refractivity contribution in [2.75, 3.05) is 24.5 Å². The molecule has 3 aliphatic rings. The number of halogens is 2. The molecule has 5 nitrogen and oxygen atoms in total. The summed E-state index contributed by atoms with van der Waals surface area (Å²) < 4.78 is 30.3. The van der Waals surface area contributed by atoms with Crippen LogP contribution in [0.4, 0.5) is 14.5 Å². The number of aliphatic hydroxyl groups is 1. The molecule has 3 fully saturated rings. The number of hydrogen-bond donors (Lipinski definition) is 1. The quantitative estimate of drug-likeness (QED) is 0.850. The normalized spacial score (nSPS) is 31.1.